The molecule has 140 valence electrons. The molecule has 1 aromatic heterocycles. The predicted molar refractivity (Wildman–Crippen MR) is 106 cm³/mol. The summed E-state index contributed by atoms with van der Waals surface area (Å²) in [7, 11) is 5.46. The highest BCUT2D eigenvalue weighted by molar-refractivity contribution is 8.00. The van der Waals surface area contributed by atoms with Crippen LogP contribution in [0.4, 0.5) is 0 Å². The first-order valence-corrected chi connectivity index (χ1v) is 10.6. The molecule has 0 spiro atoms. The van der Waals surface area contributed by atoms with E-state index >= 15 is 0 Å². The molecule has 2 N–H and O–H groups in total. The summed E-state index contributed by atoms with van der Waals surface area (Å²) in [6.07, 6.45) is 7.04. The van der Waals surface area contributed by atoms with Crippen molar-refractivity contribution in [2.75, 3.05) is 40.0 Å². The molecule has 1 amide bonds. The van der Waals surface area contributed by atoms with E-state index in [2.05, 4.69) is 20.6 Å². The normalized spacial score (nSPS) is 16.7. The average molecular weight is 384 g/mol. The minimum atomic E-state index is -0.276. The molecule has 0 aliphatic heterocycles. The summed E-state index contributed by atoms with van der Waals surface area (Å²) >= 11 is 3.46. The van der Waals surface area contributed by atoms with Gasteiger partial charge in [0.15, 0.2) is 5.96 Å². The molecular weight excluding hydrogens is 354 g/mol. The summed E-state index contributed by atoms with van der Waals surface area (Å²) in [5.74, 6) is 2.03. The Morgan fingerprint density at radius 3 is 2.76 bits per heavy atom. The van der Waals surface area contributed by atoms with E-state index in [1.54, 1.807) is 35.0 Å². The second-order valence-electron chi connectivity index (χ2n) is 6.54. The summed E-state index contributed by atoms with van der Waals surface area (Å²) in [5, 5.41) is 8.71. The molecular formula is C17H29N5OS2. The van der Waals surface area contributed by atoms with Crippen LogP contribution in [0.5, 0.6) is 0 Å². The molecule has 6 nitrogen and oxygen atoms in total. The number of hydrogen-bond acceptors (Lipinski definition) is 5. The van der Waals surface area contributed by atoms with Crippen LogP contribution in [0.2, 0.25) is 0 Å². The second kappa shape index (κ2) is 10.0. The van der Waals surface area contributed by atoms with Crippen LogP contribution in [0.3, 0.4) is 0 Å². The number of aromatic nitrogens is 1. The molecule has 25 heavy (non-hydrogen) atoms. The summed E-state index contributed by atoms with van der Waals surface area (Å²) in [6.45, 7) is 1.50. The van der Waals surface area contributed by atoms with Gasteiger partial charge in [-0.1, -0.05) is 24.6 Å². The molecule has 0 aromatic carbocycles. The van der Waals surface area contributed by atoms with Crippen molar-refractivity contribution in [3.8, 4) is 0 Å². The van der Waals surface area contributed by atoms with Crippen molar-refractivity contribution in [2.45, 2.75) is 36.4 Å². The van der Waals surface area contributed by atoms with Gasteiger partial charge in [0.05, 0.1) is 5.41 Å². The fourth-order valence-electron chi connectivity index (χ4n) is 3.19. The Morgan fingerprint density at radius 2 is 2.16 bits per heavy atom. The van der Waals surface area contributed by atoms with Gasteiger partial charge in [0.1, 0.15) is 4.34 Å². The third-order valence-corrected chi connectivity index (χ3v) is 6.54. The summed E-state index contributed by atoms with van der Waals surface area (Å²) in [5.41, 5.74) is -0.276. The number of carbonyl (C=O) groups is 1. The van der Waals surface area contributed by atoms with Gasteiger partial charge in [-0.25, -0.2) is 4.98 Å². The van der Waals surface area contributed by atoms with Crippen LogP contribution in [0, 0.1) is 5.41 Å². The van der Waals surface area contributed by atoms with E-state index in [0.29, 0.717) is 6.54 Å². The van der Waals surface area contributed by atoms with Crippen molar-refractivity contribution in [3.05, 3.63) is 11.6 Å². The first kappa shape index (κ1) is 20.0. The number of guanidine groups is 1. The Labute approximate surface area is 158 Å². The SMILES string of the molecule is CN=C(NCCCSc1nccs1)NCC1(C(=O)N(C)C)CCCC1. The molecule has 0 radical (unpaired) electrons. The number of nitrogens with zero attached hydrogens (tertiary/aromatic N) is 3. The van der Waals surface area contributed by atoms with Gasteiger partial charge in [0.25, 0.3) is 0 Å². The second-order valence-corrected chi connectivity index (χ2v) is 8.78. The maximum Gasteiger partial charge on any atom is 0.230 e. The van der Waals surface area contributed by atoms with E-state index in [1.165, 1.54) is 0 Å². The van der Waals surface area contributed by atoms with Crippen molar-refractivity contribution < 1.29 is 4.79 Å². The quantitative estimate of drug-likeness (QED) is 0.312. The number of thioether (sulfide) groups is 1. The monoisotopic (exact) mass is 383 g/mol. The van der Waals surface area contributed by atoms with Gasteiger partial charge in [0, 0.05) is 51.6 Å². The molecule has 2 rings (SSSR count). The lowest BCUT2D eigenvalue weighted by atomic mass is 9.84. The van der Waals surface area contributed by atoms with Crippen molar-refractivity contribution in [3.63, 3.8) is 0 Å². The van der Waals surface area contributed by atoms with E-state index in [1.807, 2.05) is 25.7 Å². The molecule has 1 saturated carbocycles. The molecule has 0 saturated heterocycles. The van der Waals surface area contributed by atoms with Gasteiger partial charge in [-0.05, 0) is 19.3 Å². The molecule has 1 aliphatic rings. The lowest BCUT2D eigenvalue weighted by Gasteiger charge is -2.31. The summed E-state index contributed by atoms with van der Waals surface area (Å²) in [4.78, 5) is 22.9. The molecule has 1 aliphatic carbocycles. The molecule has 0 unspecified atom stereocenters. The molecule has 0 bridgehead atoms. The first-order valence-electron chi connectivity index (χ1n) is 8.76. The molecule has 1 fully saturated rings. The fourth-order valence-corrected chi connectivity index (χ4v) is 4.83. The standard InChI is InChI=1S/C17H29N5OS2/c1-18-15(19-9-6-11-24-16-20-10-12-25-16)21-13-17(7-4-5-8-17)14(23)22(2)3/h10,12H,4-9,11,13H2,1-3H3,(H2,18,19,21). The van der Waals surface area contributed by atoms with E-state index in [0.717, 1.165) is 54.7 Å². The van der Waals surface area contributed by atoms with E-state index in [-0.39, 0.29) is 11.3 Å². The number of thiazole rings is 1. The van der Waals surface area contributed by atoms with Crippen LogP contribution in [-0.4, -0.2) is 61.7 Å². The maximum absolute atomic E-state index is 12.6. The van der Waals surface area contributed by atoms with Crippen molar-refractivity contribution >= 4 is 35.0 Å². The topological polar surface area (TPSA) is 69.6 Å². The van der Waals surface area contributed by atoms with Crippen LogP contribution < -0.4 is 10.6 Å². The Hall–Kier alpha value is -1.28. The molecule has 0 atom stereocenters. The van der Waals surface area contributed by atoms with Gasteiger partial charge in [-0.3, -0.25) is 9.79 Å². The Balaban J connectivity index is 1.72. The lowest BCUT2D eigenvalue weighted by molar-refractivity contribution is -0.138. The van der Waals surface area contributed by atoms with E-state index in [4.69, 9.17) is 0 Å². The number of carbonyl (C=O) groups excluding carboxylic acids is 1. The average Bonchev–Trinajstić information content (AvgIpc) is 3.29. The number of amides is 1. The number of hydrogen-bond donors (Lipinski definition) is 2. The Bertz CT molecular complexity index is 553. The van der Waals surface area contributed by atoms with Gasteiger partial charge in [-0.15, -0.1) is 11.3 Å². The third kappa shape index (κ3) is 5.88. The zero-order valence-corrected chi connectivity index (χ0v) is 17.0. The summed E-state index contributed by atoms with van der Waals surface area (Å²) < 4.78 is 1.12. The fraction of sp³-hybridized carbons (Fsp3) is 0.706. The highest BCUT2D eigenvalue weighted by atomic mass is 32.2. The maximum atomic E-state index is 12.6. The highest BCUT2D eigenvalue weighted by Crippen LogP contribution is 2.38. The molecule has 8 heteroatoms. The van der Waals surface area contributed by atoms with Crippen molar-refractivity contribution in [1.29, 1.82) is 0 Å². The highest BCUT2D eigenvalue weighted by Gasteiger charge is 2.42. The number of nitrogens with one attached hydrogen (secondary N) is 2. The van der Waals surface area contributed by atoms with Crippen LogP contribution in [0.25, 0.3) is 0 Å². The zero-order valence-electron chi connectivity index (χ0n) is 15.4. The van der Waals surface area contributed by atoms with Crippen LogP contribution in [0.1, 0.15) is 32.1 Å². The van der Waals surface area contributed by atoms with Crippen LogP contribution in [0.15, 0.2) is 20.9 Å². The van der Waals surface area contributed by atoms with Crippen LogP contribution in [-0.2, 0) is 4.79 Å². The number of rotatable bonds is 8. The minimum absolute atomic E-state index is 0.229. The van der Waals surface area contributed by atoms with Gasteiger partial charge >= 0.3 is 0 Å². The third-order valence-electron chi connectivity index (χ3n) is 4.49. The van der Waals surface area contributed by atoms with E-state index < -0.39 is 0 Å². The molecule has 1 aromatic rings. The molecule has 1 heterocycles. The largest absolute Gasteiger partial charge is 0.356 e. The lowest BCUT2D eigenvalue weighted by Crippen LogP contribution is -2.49. The van der Waals surface area contributed by atoms with Gasteiger partial charge in [0.2, 0.25) is 5.91 Å². The smallest absolute Gasteiger partial charge is 0.230 e. The summed E-state index contributed by atoms with van der Waals surface area (Å²) in [6, 6.07) is 0. The van der Waals surface area contributed by atoms with Gasteiger partial charge in [-0.2, -0.15) is 0 Å². The Morgan fingerprint density at radius 1 is 1.40 bits per heavy atom. The minimum Gasteiger partial charge on any atom is -0.356 e. The van der Waals surface area contributed by atoms with Crippen LogP contribution >= 0.6 is 23.1 Å². The van der Waals surface area contributed by atoms with Gasteiger partial charge < -0.3 is 15.5 Å². The van der Waals surface area contributed by atoms with E-state index in [9.17, 15) is 4.79 Å². The Kier molecular flexibility index (Phi) is 8.02. The first-order chi connectivity index (χ1) is 12.1. The predicted octanol–water partition coefficient (Wildman–Crippen LogP) is 2.44. The zero-order chi connectivity index (χ0) is 18.1. The van der Waals surface area contributed by atoms with Crippen molar-refractivity contribution in [2.24, 2.45) is 10.4 Å². The van der Waals surface area contributed by atoms with Crippen molar-refractivity contribution in [1.82, 2.24) is 20.5 Å². The number of aliphatic imine (C=N–C) groups is 1.